The molecule has 0 atom stereocenters. The van der Waals surface area contributed by atoms with E-state index in [1.165, 1.54) is 18.3 Å². The van der Waals surface area contributed by atoms with Crippen molar-refractivity contribution in [3.8, 4) is 5.75 Å². The Balaban J connectivity index is 1.80. The third-order valence-electron chi connectivity index (χ3n) is 3.17. The van der Waals surface area contributed by atoms with Crippen molar-refractivity contribution in [3.63, 3.8) is 0 Å². The maximum Gasteiger partial charge on any atom is 0.240 e. The number of halogens is 3. The lowest BCUT2D eigenvalue weighted by Crippen LogP contribution is -2.20. The molecule has 0 saturated carbocycles. The molecule has 0 aliphatic carbocycles. The van der Waals surface area contributed by atoms with Crippen molar-refractivity contribution in [1.82, 2.24) is 5.43 Å². The Hall–Kier alpha value is -2.09. The Morgan fingerprint density at radius 3 is 2.58 bits per heavy atom. The van der Waals surface area contributed by atoms with Crippen LogP contribution in [0.5, 0.6) is 5.75 Å². The number of nitrogens with zero attached hydrogens (tertiary/aromatic N) is 1. The highest BCUT2D eigenvalue weighted by atomic mass is 79.9. The predicted molar refractivity (Wildman–Crippen MR) is 106 cm³/mol. The van der Waals surface area contributed by atoms with Gasteiger partial charge in [-0.2, -0.15) is 5.10 Å². The number of carbonyl (C=O) groups excluding carboxylic acids is 2. The fourth-order valence-corrected chi connectivity index (χ4v) is 2.72. The molecule has 0 fully saturated rings. The first kappa shape index (κ1) is 20.2. The van der Waals surface area contributed by atoms with E-state index >= 15 is 0 Å². The van der Waals surface area contributed by atoms with Crippen LogP contribution < -0.4 is 10.7 Å². The summed E-state index contributed by atoms with van der Waals surface area (Å²) in [5.74, 6) is -0.767. The van der Waals surface area contributed by atoms with Gasteiger partial charge >= 0.3 is 0 Å². The van der Waals surface area contributed by atoms with Crippen LogP contribution in [0.4, 0.5) is 5.69 Å². The molecule has 2 aromatic carbocycles. The predicted octanol–water partition coefficient (Wildman–Crippen LogP) is 4.33. The first-order valence-electron chi connectivity index (χ1n) is 7.40. The van der Waals surface area contributed by atoms with Crippen molar-refractivity contribution in [2.75, 3.05) is 5.32 Å². The van der Waals surface area contributed by atoms with Crippen LogP contribution >= 0.6 is 39.1 Å². The van der Waals surface area contributed by atoms with Gasteiger partial charge in [-0.3, -0.25) is 9.59 Å². The molecule has 0 bridgehead atoms. The molecule has 0 aliphatic rings. The van der Waals surface area contributed by atoms with E-state index in [0.717, 1.165) is 4.47 Å². The van der Waals surface area contributed by atoms with Gasteiger partial charge in [0.1, 0.15) is 5.75 Å². The fourth-order valence-electron chi connectivity index (χ4n) is 1.89. The second-order valence-electron chi connectivity index (χ2n) is 5.17. The third-order valence-corrected chi connectivity index (χ3v) is 4.21. The van der Waals surface area contributed by atoms with E-state index in [0.29, 0.717) is 21.3 Å². The molecular weight excluding hydrogens is 445 g/mol. The highest BCUT2D eigenvalue weighted by molar-refractivity contribution is 9.10. The summed E-state index contributed by atoms with van der Waals surface area (Å²) < 4.78 is 0.764. The van der Waals surface area contributed by atoms with Gasteiger partial charge in [0, 0.05) is 27.9 Å². The Kier molecular flexibility index (Phi) is 7.44. The van der Waals surface area contributed by atoms with Gasteiger partial charge < -0.3 is 10.4 Å². The molecular formula is C17H14BrCl2N3O3. The number of hydrogen-bond donors (Lipinski definition) is 3. The molecule has 9 heteroatoms. The Morgan fingerprint density at radius 1 is 1.12 bits per heavy atom. The highest BCUT2D eigenvalue weighted by Gasteiger charge is 2.09. The van der Waals surface area contributed by atoms with E-state index in [4.69, 9.17) is 23.2 Å². The summed E-state index contributed by atoms with van der Waals surface area (Å²) in [6, 6.07) is 9.52. The number of rotatable bonds is 6. The molecule has 0 heterocycles. The zero-order chi connectivity index (χ0) is 19.1. The molecule has 0 spiro atoms. The number of amides is 2. The number of carbonyl (C=O) groups is 2. The number of hydrogen-bond acceptors (Lipinski definition) is 4. The minimum Gasteiger partial charge on any atom is -0.507 e. The molecule has 0 aliphatic heterocycles. The summed E-state index contributed by atoms with van der Waals surface area (Å²) in [6.07, 6.45) is 1.22. The lowest BCUT2D eigenvalue weighted by molar-refractivity contribution is -0.124. The minimum absolute atomic E-state index is 0.0328. The maximum atomic E-state index is 11.9. The van der Waals surface area contributed by atoms with Crippen LogP contribution in [0.1, 0.15) is 18.4 Å². The maximum absolute atomic E-state index is 11.9. The van der Waals surface area contributed by atoms with Gasteiger partial charge in [-0.05, 0) is 36.4 Å². The molecule has 26 heavy (non-hydrogen) atoms. The number of hydrazone groups is 1. The molecule has 2 aromatic rings. The molecule has 0 radical (unpaired) electrons. The molecule has 0 aromatic heterocycles. The minimum atomic E-state index is -0.437. The van der Waals surface area contributed by atoms with Crippen molar-refractivity contribution < 1.29 is 14.7 Å². The number of phenolic OH excluding ortho intramolecular Hbond substituents is 1. The van der Waals surface area contributed by atoms with E-state index in [1.807, 2.05) is 0 Å². The molecule has 0 unspecified atom stereocenters. The number of anilines is 1. The zero-order valence-electron chi connectivity index (χ0n) is 13.3. The Labute approximate surface area is 168 Å². The van der Waals surface area contributed by atoms with E-state index in [1.54, 1.807) is 24.3 Å². The standard InChI is InChI=1S/C17H14BrCl2N3O3/c18-11-1-4-15(24)10(7-11)9-21-23-17(26)6-5-16(25)22-14-3-2-12(19)8-13(14)20/h1-4,7-9,24H,5-6H2,(H,22,25)(H,23,26)/b21-9+. The van der Waals surface area contributed by atoms with Crippen molar-refractivity contribution >= 4 is 62.8 Å². The first-order chi connectivity index (χ1) is 12.3. The van der Waals surface area contributed by atoms with Crippen LogP contribution in [-0.4, -0.2) is 23.1 Å². The van der Waals surface area contributed by atoms with Crippen LogP contribution in [0.15, 0.2) is 46.0 Å². The second-order valence-corrected chi connectivity index (χ2v) is 6.93. The smallest absolute Gasteiger partial charge is 0.240 e. The van der Waals surface area contributed by atoms with Crippen LogP contribution in [-0.2, 0) is 9.59 Å². The van der Waals surface area contributed by atoms with Crippen LogP contribution in [0.2, 0.25) is 10.0 Å². The topological polar surface area (TPSA) is 90.8 Å². The Morgan fingerprint density at radius 2 is 1.85 bits per heavy atom. The number of aromatic hydroxyl groups is 1. The average Bonchev–Trinajstić information content (AvgIpc) is 2.58. The fraction of sp³-hybridized carbons (Fsp3) is 0.118. The van der Waals surface area contributed by atoms with Gasteiger partial charge in [0.2, 0.25) is 11.8 Å². The zero-order valence-corrected chi connectivity index (χ0v) is 16.4. The van der Waals surface area contributed by atoms with E-state index in [-0.39, 0.29) is 24.5 Å². The number of benzene rings is 2. The van der Waals surface area contributed by atoms with E-state index in [9.17, 15) is 14.7 Å². The number of nitrogens with one attached hydrogen (secondary N) is 2. The summed E-state index contributed by atoms with van der Waals surface area (Å²) in [4.78, 5) is 23.6. The lowest BCUT2D eigenvalue weighted by atomic mass is 10.2. The normalized spacial score (nSPS) is 10.7. The second kappa shape index (κ2) is 9.56. The van der Waals surface area contributed by atoms with Crippen molar-refractivity contribution in [2.45, 2.75) is 12.8 Å². The largest absolute Gasteiger partial charge is 0.507 e. The first-order valence-corrected chi connectivity index (χ1v) is 8.95. The van der Waals surface area contributed by atoms with Gasteiger partial charge in [0.25, 0.3) is 0 Å². The van der Waals surface area contributed by atoms with Gasteiger partial charge in [-0.15, -0.1) is 0 Å². The average molecular weight is 459 g/mol. The summed E-state index contributed by atoms with van der Waals surface area (Å²) in [5, 5.41) is 16.8. The summed E-state index contributed by atoms with van der Waals surface area (Å²) in [7, 11) is 0. The van der Waals surface area contributed by atoms with E-state index < -0.39 is 5.91 Å². The lowest BCUT2D eigenvalue weighted by Gasteiger charge is -2.07. The van der Waals surface area contributed by atoms with Crippen LogP contribution in [0.3, 0.4) is 0 Å². The van der Waals surface area contributed by atoms with Gasteiger partial charge in [-0.1, -0.05) is 39.1 Å². The Bertz CT molecular complexity index is 859. The quantitative estimate of drug-likeness (QED) is 0.444. The van der Waals surface area contributed by atoms with Gasteiger partial charge in [0.15, 0.2) is 0 Å². The molecule has 2 amide bonds. The van der Waals surface area contributed by atoms with Crippen molar-refractivity contribution in [3.05, 3.63) is 56.5 Å². The molecule has 6 nitrogen and oxygen atoms in total. The summed E-state index contributed by atoms with van der Waals surface area (Å²) in [5.41, 5.74) is 3.16. The molecule has 136 valence electrons. The van der Waals surface area contributed by atoms with Gasteiger partial charge in [0.05, 0.1) is 16.9 Å². The SMILES string of the molecule is O=C(CCC(=O)Nc1ccc(Cl)cc1Cl)N/N=C/c1cc(Br)ccc1O. The molecule has 3 N–H and O–H groups in total. The third kappa shape index (κ3) is 6.33. The van der Waals surface area contributed by atoms with Crippen molar-refractivity contribution in [1.29, 1.82) is 0 Å². The van der Waals surface area contributed by atoms with Crippen LogP contribution in [0, 0.1) is 0 Å². The van der Waals surface area contributed by atoms with Crippen molar-refractivity contribution in [2.24, 2.45) is 5.10 Å². The van der Waals surface area contributed by atoms with E-state index in [2.05, 4.69) is 31.8 Å². The monoisotopic (exact) mass is 457 g/mol. The highest BCUT2D eigenvalue weighted by Crippen LogP contribution is 2.25. The summed E-state index contributed by atoms with van der Waals surface area (Å²) >= 11 is 15.0. The van der Waals surface area contributed by atoms with Crippen LogP contribution in [0.25, 0.3) is 0 Å². The summed E-state index contributed by atoms with van der Waals surface area (Å²) in [6.45, 7) is 0. The van der Waals surface area contributed by atoms with Gasteiger partial charge in [-0.25, -0.2) is 5.43 Å². The molecule has 0 saturated heterocycles. The molecule has 2 rings (SSSR count). The number of phenols is 1.